The van der Waals surface area contributed by atoms with Crippen LogP contribution in [0.1, 0.15) is 25.1 Å². The third kappa shape index (κ3) is 3.51. The molecule has 2 N–H and O–H groups in total. The molecule has 1 fully saturated rings. The summed E-state index contributed by atoms with van der Waals surface area (Å²) >= 11 is 0. The molecule has 1 aromatic carbocycles. The fourth-order valence-corrected chi connectivity index (χ4v) is 3.37. The Labute approximate surface area is 150 Å². The lowest BCUT2D eigenvalue weighted by molar-refractivity contribution is 0.177. The quantitative estimate of drug-likeness (QED) is 0.686. The van der Waals surface area contributed by atoms with Crippen molar-refractivity contribution in [2.24, 2.45) is 5.92 Å². The Hall–Kier alpha value is -2.58. The zero-order chi connectivity index (χ0) is 17.9. The molecule has 2 heterocycles. The summed E-state index contributed by atoms with van der Waals surface area (Å²) in [5.41, 5.74) is 2.13. The van der Waals surface area contributed by atoms with Gasteiger partial charge in [-0.3, -0.25) is 0 Å². The van der Waals surface area contributed by atoms with Crippen LogP contribution in [0.15, 0.2) is 30.5 Å². The van der Waals surface area contributed by atoms with Gasteiger partial charge in [-0.25, -0.2) is 9.97 Å². The third-order valence-corrected chi connectivity index (χ3v) is 4.67. The molecule has 0 unspecified atom stereocenters. The Morgan fingerprint density at radius 1 is 1.19 bits per heavy atom. The number of benzene rings is 1. The Bertz CT molecular complexity index is 880. The summed E-state index contributed by atoms with van der Waals surface area (Å²) in [5, 5.41) is 26.8. The van der Waals surface area contributed by atoms with Crippen molar-refractivity contribution in [1.29, 1.82) is 0 Å². The van der Waals surface area contributed by atoms with Crippen molar-refractivity contribution in [3.8, 4) is 11.4 Å². The molecule has 0 saturated heterocycles. The van der Waals surface area contributed by atoms with Crippen LogP contribution >= 0.6 is 0 Å². The third-order valence-electron chi connectivity index (χ3n) is 4.67. The van der Waals surface area contributed by atoms with Crippen LogP contribution in [0.2, 0.25) is 0 Å². The molecule has 136 valence electrons. The second-order valence-corrected chi connectivity index (χ2v) is 6.60. The number of aromatic nitrogens is 5. The van der Waals surface area contributed by atoms with E-state index in [1.54, 1.807) is 10.9 Å². The molecule has 8 nitrogen and oxygen atoms in total. The fourth-order valence-electron chi connectivity index (χ4n) is 3.37. The van der Waals surface area contributed by atoms with Gasteiger partial charge in [0.25, 0.3) is 0 Å². The first-order valence-electron chi connectivity index (χ1n) is 8.82. The second-order valence-electron chi connectivity index (χ2n) is 6.60. The highest BCUT2D eigenvalue weighted by Crippen LogP contribution is 2.28. The van der Waals surface area contributed by atoms with E-state index in [1.165, 1.54) is 0 Å². The van der Waals surface area contributed by atoms with Gasteiger partial charge in [-0.1, -0.05) is 5.21 Å². The lowest BCUT2D eigenvalue weighted by Crippen LogP contribution is -2.07. The van der Waals surface area contributed by atoms with E-state index in [4.69, 9.17) is 9.84 Å². The summed E-state index contributed by atoms with van der Waals surface area (Å²) in [6.07, 6.45) is 4.94. The second kappa shape index (κ2) is 7.35. The van der Waals surface area contributed by atoms with E-state index in [2.05, 4.69) is 20.3 Å². The number of hydrogen-bond donors (Lipinski definition) is 2. The molecule has 0 aliphatic heterocycles. The molecule has 1 saturated carbocycles. The normalized spacial score (nSPS) is 19.9. The van der Waals surface area contributed by atoms with Crippen molar-refractivity contribution in [1.82, 2.24) is 25.0 Å². The highest BCUT2D eigenvalue weighted by molar-refractivity contribution is 5.70. The molecule has 2 aromatic heterocycles. The Kier molecular flexibility index (Phi) is 4.77. The van der Waals surface area contributed by atoms with E-state index < -0.39 is 0 Å². The van der Waals surface area contributed by atoms with Crippen molar-refractivity contribution >= 4 is 11.2 Å². The maximum absolute atomic E-state index is 9.70. The van der Waals surface area contributed by atoms with E-state index in [0.29, 0.717) is 22.8 Å². The molecule has 0 spiro atoms. The Morgan fingerprint density at radius 2 is 2.04 bits per heavy atom. The van der Waals surface area contributed by atoms with Crippen molar-refractivity contribution in [2.45, 2.75) is 31.8 Å². The highest BCUT2D eigenvalue weighted by Gasteiger charge is 2.24. The van der Waals surface area contributed by atoms with Gasteiger partial charge in [0.2, 0.25) is 0 Å². The lowest BCUT2D eigenvalue weighted by Gasteiger charge is -2.08. The van der Waals surface area contributed by atoms with E-state index in [9.17, 15) is 5.11 Å². The molecular formula is C18H21N5O3. The molecule has 1 aliphatic rings. The predicted octanol–water partition coefficient (Wildman–Crippen LogP) is 1.29. The van der Waals surface area contributed by atoms with Gasteiger partial charge in [-0.05, 0) is 49.4 Å². The molecule has 0 amide bonds. The van der Waals surface area contributed by atoms with Gasteiger partial charge >= 0.3 is 0 Å². The van der Waals surface area contributed by atoms with Crippen LogP contribution in [0.3, 0.4) is 0 Å². The minimum atomic E-state index is -0.192. The van der Waals surface area contributed by atoms with Crippen molar-refractivity contribution in [3.63, 3.8) is 0 Å². The van der Waals surface area contributed by atoms with Crippen molar-refractivity contribution < 1.29 is 14.9 Å². The number of ether oxygens (including phenoxy) is 1. The maximum Gasteiger partial charge on any atom is 0.187 e. The van der Waals surface area contributed by atoms with Gasteiger partial charge in [-0.15, -0.1) is 5.10 Å². The standard InChI is InChI=1S/C18H21N5O3/c24-7-8-26-15-5-2-13(3-6-15)23-18-16(21-22-23)11-19-17(20-18)10-12-1-4-14(25)9-12/h2-3,5-6,11-12,14,24-25H,1,4,7-10H2/t12-,14-/m1/s1. The zero-order valence-corrected chi connectivity index (χ0v) is 14.3. The van der Waals surface area contributed by atoms with Crippen LogP contribution in [0, 0.1) is 5.92 Å². The highest BCUT2D eigenvalue weighted by atomic mass is 16.5. The van der Waals surface area contributed by atoms with Crippen LogP contribution in [-0.4, -0.2) is 54.5 Å². The smallest absolute Gasteiger partial charge is 0.187 e. The van der Waals surface area contributed by atoms with Gasteiger partial charge in [0, 0.05) is 6.42 Å². The van der Waals surface area contributed by atoms with Gasteiger partial charge < -0.3 is 14.9 Å². The number of rotatable bonds is 6. The number of aliphatic hydroxyl groups is 2. The SMILES string of the molecule is OCCOc1ccc(-n2nnc3cnc(C[C@@H]4CC[C@@H](O)C4)nc32)cc1. The average Bonchev–Trinajstić information content (AvgIpc) is 3.26. The molecule has 2 atom stereocenters. The summed E-state index contributed by atoms with van der Waals surface area (Å²) in [5.74, 6) is 1.86. The van der Waals surface area contributed by atoms with E-state index in [0.717, 1.165) is 37.2 Å². The minimum absolute atomic E-state index is 0.0207. The first kappa shape index (κ1) is 16.9. The molecule has 0 radical (unpaired) electrons. The fraction of sp³-hybridized carbons (Fsp3) is 0.444. The summed E-state index contributed by atoms with van der Waals surface area (Å²) in [6, 6.07) is 7.38. The molecule has 0 bridgehead atoms. The minimum Gasteiger partial charge on any atom is -0.491 e. The number of hydrogen-bond acceptors (Lipinski definition) is 7. The summed E-state index contributed by atoms with van der Waals surface area (Å²) in [6.45, 7) is 0.241. The molecule has 1 aliphatic carbocycles. The predicted molar refractivity (Wildman–Crippen MR) is 94.1 cm³/mol. The first-order valence-corrected chi connectivity index (χ1v) is 8.82. The van der Waals surface area contributed by atoms with Gasteiger partial charge in [0.15, 0.2) is 11.2 Å². The monoisotopic (exact) mass is 355 g/mol. The van der Waals surface area contributed by atoms with Crippen LogP contribution in [-0.2, 0) is 6.42 Å². The molecular weight excluding hydrogens is 334 g/mol. The maximum atomic E-state index is 9.70. The molecule has 8 heteroatoms. The molecule has 3 aromatic rings. The Balaban J connectivity index is 1.58. The van der Waals surface area contributed by atoms with Crippen LogP contribution in [0.25, 0.3) is 16.9 Å². The van der Waals surface area contributed by atoms with Crippen molar-refractivity contribution in [3.05, 3.63) is 36.3 Å². The van der Waals surface area contributed by atoms with Gasteiger partial charge in [0.1, 0.15) is 18.2 Å². The summed E-state index contributed by atoms with van der Waals surface area (Å²) in [7, 11) is 0. The average molecular weight is 355 g/mol. The topological polar surface area (TPSA) is 106 Å². The van der Waals surface area contributed by atoms with Crippen LogP contribution in [0.5, 0.6) is 5.75 Å². The zero-order valence-electron chi connectivity index (χ0n) is 14.3. The Morgan fingerprint density at radius 3 is 2.77 bits per heavy atom. The summed E-state index contributed by atoms with van der Waals surface area (Å²) < 4.78 is 7.06. The number of aliphatic hydroxyl groups excluding tert-OH is 2. The van der Waals surface area contributed by atoms with Crippen molar-refractivity contribution in [2.75, 3.05) is 13.2 Å². The summed E-state index contributed by atoms with van der Waals surface area (Å²) in [4.78, 5) is 9.05. The van der Waals surface area contributed by atoms with Crippen LogP contribution < -0.4 is 4.74 Å². The van der Waals surface area contributed by atoms with Gasteiger partial charge in [0.05, 0.1) is 24.6 Å². The number of fused-ring (bicyclic) bond motifs is 1. The van der Waals surface area contributed by atoms with Gasteiger partial charge in [-0.2, -0.15) is 4.68 Å². The number of nitrogens with zero attached hydrogens (tertiary/aromatic N) is 5. The molecule has 26 heavy (non-hydrogen) atoms. The largest absolute Gasteiger partial charge is 0.491 e. The van der Waals surface area contributed by atoms with E-state index in [-0.39, 0.29) is 19.3 Å². The lowest BCUT2D eigenvalue weighted by atomic mass is 10.0. The van der Waals surface area contributed by atoms with E-state index in [1.807, 2.05) is 24.3 Å². The van der Waals surface area contributed by atoms with E-state index >= 15 is 0 Å². The van der Waals surface area contributed by atoms with Crippen LogP contribution in [0.4, 0.5) is 0 Å². The molecule has 4 rings (SSSR count). The first-order chi connectivity index (χ1) is 12.7.